The molecule has 1 aromatic heterocycles. The van der Waals surface area contributed by atoms with Crippen LogP contribution in [0, 0.1) is 0 Å². The molecule has 0 spiro atoms. The van der Waals surface area contributed by atoms with Gasteiger partial charge in [-0.2, -0.15) is 0 Å². The number of rotatable bonds is 4. The van der Waals surface area contributed by atoms with E-state index in [0.717, 1.165) is 63.7 Å². The van der Waals surface area contributed by atoms with Crippen molar-refractivity contribution in [2.24, 2.45) is 0 Å². The van der Waals surface area contributed by atoms with Gasteiger partial charge in [-0.1, -0.05) is 24.3 Å². The van der Waals surface area contributed by atoms with E-state index >= 15 is 0 Å². The van der Waals surface area contributed by atoms with Crippen LogP contribution in [-0.2, 0) is 17.6 Å². The monoisotopic (exact) mass is 396 g/mol. The van der Waals surface area contributed by atoms with Gasteiger partial charge in [-0.15, -0.1) is 35.0 Å². The lowest BCUT2D eigenvalue weighted by Gasteiger charge is -2.26. The number of fused-ring (bicyclic) bond motifs is 3. The molecule has 1 aliphatic carbocycles. The minimum Gasteiger partial charge on any atom is -0.379 e. The smallest absolute Gasteiger partial charge is 0.149 e. The van der Waals surface area contributed by atoms with E-state index in [2.05, 4.69) is 50.7 Å². The fraction of sp³-hybridized carbons (Fsp3) is 0.474. The summed E-state index contributed by atoms with van der Waals surface area (Å²) in [6.45, 7) is 5.65. The van der Waals surface area contributed by atoms with E-state index in [1.165, 1.54) is 23.1 Å². The molecular weight excluding hydrogens is 371 g/mol. The van der Waals surface area contributed by atoms with E-state index in [9.17, 15) is 0 Å². The fourth-order valence-electron chi connectivity index (χ4n) is 3.54. The number of hydrogen-bond acceptors (Lipinski definition) is 5. The van der Waals surface area contributed by atoms with Crippen molar-refractivity contribution < 1.29 is 4.74 Å². The minimum absolute atomic E-state index is 0. The molecule has 1 aliphatic heterocycles. The van der Waals surface area contributed by atoms with Crippen LogP contribution in [-0.4, -0.2) is 54.5 Å². The second-order valence-electron chi connectivity index (χ2n) is 6.49. The molecule has 7 heteroatoms. The standard InChI is InChI=1S/C19H24N4O.2ClH/c1-2-7-17-15(4-1)5-3-6-16-14-18(21-22-19(16)17)20-8-9-23-10-12-24-13-11-23;;/h1-2,4,7,14H,3,5-6,8-13H2,(H,20,21);2*1H. The van der Waals surface area contributed by atoms with E-state index in [4.69, 9.17) is 4.74 Å². The van der Waals surface area contributed by atoms with Gasteiger partial charge in [-0.25, -0.2) is 0 Å². The third-order valence-electron chi connectivity index (χ3n) is 4.88. The normalized spacial score (nSPS) is 16.3. The first-order valence-electron chi connectivity index (χ1n) is 8.89. The highest BCUT2D eigenvalue weighted by Gasteiger charge is 2.16. The second kappa shape index (κ2) is 10.1. The summed E-state index contributed by atoms with van der Waals surface area (Å²) in [5.74, 6) is 0.890. The van der Waals surface area contributed by atoms with Gasteiger partial charge in [-0.05, 0) is 36.5 Å². The van der Waals surface area contributed by atoms with E-state index in [1.807, 2.05) is 0 Å². The third kappa shape index (κ3) is 4.86. The summed E-state index contributed by atoms with van der Waals surface area (Å²) in [5.41, 5.74) is 5.00. The van der Waals surface area contributed by atoms with Crippen molar-refractivity contribution in [1.29, 1.82) is 0 Å². The summed E-state index contributed by atoms with van der Waals surface area (Å²) in [5, 5.41) is 12.4. The quantitative estimate of drug-likeness (QED) is 0.859. The molecule has 5 nitrogen and oxygen atoms in total. The Balaban J connectivity index is 0.00000121. The van der Waals surface area contributed by atoms with Crippen molar-refractivity contribution in [3.63, 3.8) is 0 Å². The largest absolute Gasteiger partial charge is 0.379 e. The van der Waals surface area contributed by atoms with Crippen LogP contribution >= 0.6 is 24.8 Å². The third-order valence-corrected chi connectivity index (χ3v) is 4.88. The Labute approximate surface area is 167 Å². The van der Waals surface area contributed by atoms with Crippen molar-refractivity contribution in [3.05, 3.63) is 41.5 Å². The zero-order valence-corrected chi connectivity index (χ0v) is 16.5. The maximum absolute atomic E-state index is 5.38. The number of nitrogens with zero attached hydrogens (tertiary/aromatic N) is 3. The molecule has 0 bridgehead atoms. The molecule has 0 unspecified atom stereocenters. The lowest BCUT2D eigenvalue weighted by atomic mass is 10.0. The second-order valence-corrected chi connectivity index (χ2v) is 6.49. The lowest BCUT2D eigenvalue weighted by Crippen LogP contribution is -2.39. The highest BCUT2D eigenvalue weighted by molar-refractivity contribution is 5.85. The molecule has 0 radical (unpaired) electrons. The summed E-state index contributed by atoms with van der Waals surface area (Å²) in [4.78, 5) is 2.42. The maximum Gasteiger partial charge on any atom is 0.149 e. The molecule has 0 saturated carbocycles. The van der Waals surface area contributed by atoms with E-state index in [0.29, 0.717) is 0 Å². The topological polar surface area (TPSA) is 50.3 Å². The van der Waals surface area contributed by atoms with Crippen molar-refractivity contribution >= 4 is 30.6 Å². The van der Waals surface area contributed by atoms with Crippen LogP contribution in [0.2, 0.25) is 0 Å². The average Bonchev–Trinajstić information content (AvgIpc) is 2.81. The molecule has 142 valence electrons. The molecule has 1 aromatic carbocycles. The Kier molecular flexibility index (Phi) is 8.10. The first kappa shape index (κ1) is 20.9. The Hall–Kier alpha value is -1.40. The van der Waals surface area contributed by atoms with Crippen LogP contribution in [0.4, 0.5) is 5.82 Å². The van der Waals surface area contributed by atoms with Crippen LogP contribution in [0.15, 0.2) is 30.3 Å². The van der Waals surface area contributed by atoms with Crippen LogP contribution in [0.3, 0.4) is 0 Å². The van der Waals surface area contributed by atoms with Gasteiger partial charge in [0.15, 0.2) is 0 Å². The molecule has 0 amide bonds. The van der Waals surface area contributed by atoms with Crippen molar-refractivity contribution in [2.75, 3.05) is 44.7 Å². The fourth-order valence-corrected chi connectivity index (χ4v) is 3.54. The van der Waals surface area contributed by atoms with Gasteiger partial charge in [0.1, 0.15) is 5.82 Å². The van der Waals surface area contributed by atoms with Crippen LogP contribution in [0.25, 0.3) is 11.3 Å². The zero-order valence-electron chi connectivity index (χ0n) is 14.8. The van der Waals surface area contributed by atoms with Gasteiger partial charge in [0.05, 0.1) is 18.9 Å². The molecule has 2 aromatic rings. The number of benzene rings is 1. The van der Waals surface area contributed by atoms with Crippen LogP contribution in [0.1, 0.15) is 17.5 Å². The first-order valence-corrected chi connectivity index (χ1v) is 8.89. The summed E-state index contributed by atoms with van der Waals surface area (Å²) in [6.07, 6.45) is 3.35. The summed E-state index contributed by atoms with van der Waals surface area (Å²) < 4.78 is 5.38. The highest BCUT2D eigenvalue weighted by Crippen LogP contribution is 2.31. The highest BCUT2D eigenvalue weighted by atomic mass is 35.5. The summed E-state index contributed by atoms with van der Waals surface area (Å²) in [6, 6.07) is 10.8. The number of hydrogen-bond donors (Lipinski definition) is 1. The maximum atomic E-state index is 5.38. The number of aromatic nitrogens is 2. The molecule has 1 N–H and O–H groups in total. The first-order chi connectivity index (χ1) is 11.9. The van der Waals surface area contributed by atoms with Gasteiger partial charge < -0.3 is 10.1 Å². The molecule has 4 rings (SSSR count). The van der Waals surface area contributed by atoms with Crippen LogP contribution in [0.5, 0.6) is 0 Å². The molecule has 1 fully saturated rings. The van der Waals surface area contributed by atoms with Gasteiger partial charge in [0.25, 0.3) is 0 Å². The van der Waals surface area contributed by atoms with Gasteiger partial charge in [0, 0.05) is 31.7 Å². The number of halogens is 2. The summed E-state index contributed by atoms with van der Waals surface area (Å²) in [7, 11) is 0. The lowest BCUT2D eigenvalue weighted by molar-refractivity contribution is 0.0398. The van der Waals surface area contributed by atoms with E-state index in [-0.39, 0.29) is 24.8 Å². The van der Waals surface area contributed by atoms with Crippen LogP contribution < -0.4 is 5.32 Å². The predicted molar refractivity (Wildman–Crippen MR) is 110 cm³/mol. The predicted octanol–water partition coefficient (Wildman–Crippen LogP) is 3.22. The van der Waals surface area contributed by atoms with E-state index in [1.54, 1.807) is 0 Å². The summed E-state index contributed by atoms with van der Waals surface area (Å²) >= 11 is 0. The molecule has 2 heterocycles. The Morgan fingerprint density at radius 3 is 2.62 bits per heavy atom. The van der Waals surface area contributed by atoms with Crippen molar-refractivity contribution in [2.45, 2.75) is 19.3 Å². The number of anilines is 1. The number of aryl methyl sites for hydroxylation is 2. The minimum atomic E-state index is 0. The number of nitrogens with one attached hydrogen (secondary N) is 1. The molecule has 1 saturated heterocycles. The number of morpholine rings is 1. The molecular formula is C19H26Cl2N4O. The Bertz CT molecular complexity index is 708. The van der Waals surface area contributed by atoms with Crippen molar-refractivity contribution in [1.82, 2.24) is 15.1 Å². The SMILES string of the molecule is Cl.Cl.c1ccc2c(c1)CCCc1cc(NCCN3CCOCC3)nnc1-2. The van der Waals surface area contributed by atoms with Gasteiger partial charge in [-0.3, -0.25) is 4.90 Å². The van der Waals surface area contributed by atoms with Crippen molar-refractivity contribution in [3.8, 4) is 11.3 Å². The average molecular weight is 397 g/mol. The van der Waals surface area contributed by atoms with E-state index < -0.39 is 0 Å². The Morgan fingerprint density at radius 2 is 1.77 bits per heavy atom. The Morgan fingerprint density at radius 1 is 1.00 bits per heavy atom. The number of ether oxygens (including phenoxy) is 1. The molecule has 26 heavy (non-hydrogen) atoms. The van der Waals surface area contributed by atoms with Gasteiger partial charge >= 0.3 is 0 Å². The molecule has 2 aliphatic rings. The zero-order chi connectivity index (χ0) is 16.2. The molecule has 0 atom stereocenters. The van der Waals surface area contributed by atoms with Gasteiger partial charge in [0.2, 0.25) is 0 Å².